The smallest absolute Gasteiger partial charge is 0.404 e. The Morgan fingerprint density at radius 1 is 1.05 bits per heavy atom. The van der Waals surface area contributed by atoms with Crippen molar-refractivity contribution in [3.63, 3.8) is 0 Å². The van der Waals surface area contributed by atoms with Crippen molar-refractivity contribution in [2.45, 2.75) is 101 Å². The molecule has 8 nitrogen and oxygen atoms in total. The molecule has 1 aromatic rings. The van der Waals surface area contributed by atoms with Gasteiger partial charge in [0.1, 0.15) is 5.75 Å². The Labute approximate surface area is 248 Å². The highest BCUT2D eigenvalue weighted by Gasteiger charge is 2.66. The lowest BCUT2D eigenvalue weighted by atomic mass is 9.91. The van der Waals surface area contributed by atoms with E-state index < -0.39 is 36.3 Å². The number of alkyl halides is 1. The highest BCUT2D eigenvalue weighted by molar-refractivity contribution is 5.80. The van der Waals surface area contributed by atoms with Gasteiger partial charge in [0.05, 0.1) is 13.2 Å². The molecule has 3 fully saturated rings. The predicted molar refractivity (Wildman–Crippen MR) is 154 cm³/mol. The summed E-state index contributed by atoms with van der Waals surface area (Å²) in [7, 11) is 1.08. The van der Waals surface area contributed by atoms with Crippen molar-refractivity contribution in [2.75, 3.05) is 20.3 Å². The van der Waals surface area contributed by atoms with E-state index in [1.165, 1.54) is 18.2 Å². The van der Waals surface area contributed by atoms with E-state index in [1.807, 2.05) is 0 Å². The van der Waals surface area contributed by atoms with Gasteiger partial charge in [-0.15, -0.1) is 5.73 Å². The van der Waals surface area contributed by atoms with Crippen LogP contribution in [-0.4, -0.2) is 61.7 Å². The molecule has 2 saturated heterocycles. The molecule has 0 bridgehead atoms. The number of para-hydroxylation sites is 1. The van der Waals surface area contributed by atoms with Crippen molar-refractivity contribution in [1.29, 1.82) is 0 Å². The summed E-state index contributed by atoms with van der Waals surface area (Å²) in [4.78, 5) is 13.3. The van der Waals surface area contributed by atoms with Gasteiger partial charge in [0, 0.05) is 19.3 Å². The van der Waals surface area contributed by atoms with E-state index in [9.17, 15) is 9.90 Å². The molecule has 4 rings (SSSR count). The number of aliphatic hydroxyl groups is 1. The third-order valence-corrected chi connectivity index (χ3v) is 8.03. The molecule has 2 aliphatic heterocycles. The Bertz CT molecular complexity index is 1040. The molecule has 9 heteroatoms. The van der Waals surface area contributed by atoms with E-state index >= 15 is 4.39 Å². The van der Waals surface area contributed by atoms with Crippen molar-refractivity contribution in [1.82, 2.24) is 0 Å². The lowest BCUT2D eigenvalue weighted by Gasteiger charge is -2.43. The summed E-state index contributed by atoms with van der Waals surface area (Å²) in [6.07, 6.45) is 12.3. The van der Waals surface area contributed by atoms with Gasteiger partial charge < -0.3 is 33.5 Å². The number of ether oxygens (including phenoxy) is 6. The van der Waals surface area contributed by atoms with E-state index in [4.69, 9.17) is 28.4 Å². The quantitative estimate of drug-likeness (QED) is 0.127. The largest absolute Gasteiger partial charge is 0.464 e. The van der Waals surface area contributed by atoms with Crippen LogP contribution in [-0.2, 0) is 28.5 Å². The number of carbonyl (C=O) groups excluding carboxylic acids is 1. The number of hydrogen-bond acceptors (Lipinski definition) is 8. The summed E-state index contributed by atoms with van der Waals surface area (Å²) in [6, 6.07) is 8.14. The first-order chi connectivity index (χ1) is 20.4. The molecule has 3 aliphatic rings. The SMILES string of the molecule is CC/C=C/[C@H]1CC[C@H](O)[C@@H]1CC=C=CC([16O]C1CCCCO1)([16O]C1CCCCO1)C(F)(Oc1ccccc1)C(=O)OC. The number of benzene rings is 1. The van der Waals surface area contributed by atoms with Gasteiger partial charge in [0.25, 0.3) is 5.79 Å². The molecule has 1 N–H and O–H groups in total. The Morgan fingerprint density at radius 3 is 2.29 bits per heavy atom. The zero-order valence-corrected chi connectivity index (χ0v) is 24.8. The number of halogens is 1. The van der Waals surface area contributed by atoms with Crippen molar-refractivity contribution in [3.05, 3.63) is 60.4 Å². The van der Waals surface area contributed by atoms with Gasteiger partial charge in [-0.25, -0.2) is 4.79 Å². The molecule has 1 aromatic carbocycles. The van der Waals surface area contributed by atoms with Crippen LogP contribution in [0.1, 0.15) is 71.1 Å². The minimum absolute atomic E-state index is 0.00963. The van der Waals surface area contributed by atoms with E-state index in [1.54, 1.807) is 24.3 Å². The van der Waals surface area contributed by atoms with Crippen LogP contribution in [0.5, 0.6) is 5.75 Å². The number of methoxy groups -OCH3 is 1. The monoisotopic (exact) mass is 588 g/mol. The van der Waals surface area contributed by atoms with Crippen molar-refractivity contribution in [2.24, 2.45) is 11.8 Å². The first-order valence-electron chi connectivity index (χ1n) is 15.3. The Kier molecular flexibility index (Phi) is 12.2. The second-order valence-corrected chi connectivity index (χ2v) is 11.1. The Morgan fingerprint density at radius 2 is 1.71 bits per heavy atom. The number of rotatable bonds is 13. The van der Waals surface area contributed by atoms with Crippen LogP contribution in [0.25, 0.3) is 0 Å². The standard InChI is InChI=1S/C33H45FO8/c1-3-4-14-25-20-21-28(35)27(25)17-8-11-22-32(41-29-18-9-12-23-38-29,42-30-19-10-13-24-39-30)33(34,31(36)37-2)40-26-15-6-5-7-16-26/h4-8,14-16,22,25,27-30,35H,3,9-10,12-13,17-21,23-24H2,1-2H3/b14-4+/t11?,25-,27+,28-,29?,30?,32?,33?/m0/s1/i41+0,42+0. The zero-order valence-electron chi connectivity index (χ0n) is 24.8. The number of carbonyl (C=O) groups is 1. The summed E-state index contributed by atoms with van der Waals surface area (Å²) < 4.78 is 52.4. The third kappa shape index (κ3) is 8.10. The van der Waals surface area contributed by atoms with Crippen LogP contribution in [0.2, 0.25) is 0 Å². The molecule has 0 radical (unpaired) electrons. The average molecular weight is 589 g/mol. The fraction of sp³-hybridized carbons (Fsp3) is 0.636. The molecular formula is C33H45FO8. The molecule has 1 aliphatic carbocycles. The molecular weight excluding hydrogens is 543 g/mol. The molecule has 232 valence electrons. The highest BCUT2D eigenvalue weighted by atomic mass is 19.2. The summed E-state index contributed by atoms with van der Waals surface area (Å²) >= 11 is 0. The number of aliphatic hydroxyl groups excluding tert-OH is 1. The van der Waals surface area contributed by atoms with Crippen LogP contribution in [0.4, 0.5) is 4.39 Å². The maximum absolute atomic E-state index is 17.5. The van der Waals surface area contributed by atoms with Crippen molar-refractivity contribution < 1.29 is 42.7 Å². The van der Waals surface area contributed by atoms with E-state index in [0.717, 1.165) is 52.1 Å². The lowest BCUT2D eigenvalue weighted by Crippen LogP contribution is -2.64. The zero-order chi connectivity index (χ0) is 29.8. The maximum Gasteiger partial charge on any atom is 0.404 e. The lowest BCUT2D eigenvalue weighted by molar-refractivity contribution is -0.397. The van der Waals surface area contributed by atoms with E-state index in [2.05, 4.69) is 24.8 Å². The van der Waals surface area contributed by atoms with Crippen LogP contribution in [0.3, 0.4) is 0 Å². The second kappa shape index (κ2) is 15.8. The van der Waals surface area contributed by atoms with Gasteiger partial charge in [0.2, 0.25) is 0 Å². The summed E-state index contributed by atoms with van der Waals surface area (Å²) in [5, 5.41) is 10.6. The molecule has 1 saturated carbocycles. The molecule has 3 unspecified atom stereocenters. The summed E-state index contributed by atoms with van der Waals surface area (Å²) in [6.45, 7) is 2.92. The minimum atomic E-state index is -3.30. The van der Waals surface area contributed by atoms with Gasteiger partial charge in [0.15, 0.2) is 12.6 Å². The third-order valence-electron chi connectivity index (χ3n) is 8.03. The molecule has 42 heavy (non-hydrogen) atoms. The first-order valence-corrected chi connectivity index (χ1v) is 15.3. The maximum atomic E-state index is 17.5. The fourth-order valence-corrected chi connectivity index (χ4v) is 5.71. The van der Waals surface area contributed by atoms with Crippen molar-refractivity contribution >= 4 is 5.97 Å². The van der Waals surface area contributed by atoms with Gasteiger partial charge in [-0.05, 0) is 94.3 Å². The highest BCUT2D eigenvalue weighted by Crippen LogP contribution is 2.41. The molecule has 6 atom stereocenters. The Balaban J connectivity index is 1.75. The summed E-state index contributed by atoms with van der Waals surface area (Å²) in [5.74, 6) is -6.82. The van der Waals surface area contributed by atoms with Crippen LogP contribution >= 0.6 is 0 Å². The number of hydrogen-bond donors (Lipinski definition) is 1. The molecule has 0 amide bonds. The fourth-order valence-electron chi connectivity index (χ4n) is 5.71. The Hall–Kier alpha value is -2.52. The van der Waals surface area contributed by atoms with Gasteiger partial charge >= 0.3 is 11.8 Å². The van der Waals surface area contributed by atoms with E-state index in [-0.39, 0.29) is 17.6 Å². The van der Waals surface area contributed by atoms with Gasteiger partial charge in [-0.3, -0.25) is 0 Å². The predicted octanol–water partition coefficient (Wildman–Crippen LogP) is 6.14. The molecule has 2 heterocycles. The van der Waals surface area contributed by atoms with Gasteiger partial charge in [-0.2, -0.15) is 4.39 Å². The first kappa shape index (κ1) is 32.4. The second-order valence-electron chi connectivity index (χ2n) is 11.1. The van der Waals surface area contributed by atoms with Crippen molar-refractivity contribution in [3.8, 4) is 5.75 Å². The number of esters is 1. The average Bonchev–Trinajstić information content (AvgIpc) is 3.37. The minimum Gasteiger partial charge on any atom is -0.464 e. The molecule has 0 spiro atoms. The summed E-state index contributed by atoms with van der Waals surface area (Å²) in [5.41, 5.74) is 3.03. The topological polar surface area (TPSA) is 92.7 Å². The van der Waals surface area contributed by atoms with Crippen LogP contribution in [0.15, 0.2) is 60.4 Å². The normalized spacial score (nSPS) is 29.2. The van der Waals surface area contributed by atoms with E-state index in [0.29, 0.717) is 32.5 Å². The van der Waals surface area contributed by atoms with Crippen LogP contribution in [0, 0.1) is 11.8 Å². The van der Waals surface area contributed by atoms with Gasteiger partial charge in [-0.1, -0.05) is 37.3 Å². The van der Waals surface area contributed by atoms with Crippen LogP contribution < -0.4 is 4.74 Å². The molecule has 0 aromatic heterocycles. The number of allylic oxidation sites excluding steroid dienone is 2.